The highest BCUT2D eigenvalue weighted by atomic mass is 19.4. The summed E-state index contributed by atoms with van der Waals surface area (Å²) in [5, 5.41) is 5.83. The minimum atomic E-state index is -4.63. The van der Waals surface area contributed by atoms with Gasteiger partial charge in [-0.2, -0.15) is 18.3 Å². The van der Waals surface area contributed by atoms with Gasteiger partial charge in [0.15, 0.2) is 17.3 Å². The van der Waals surface area contributed by atoms with Crippen LogP contribution in [0.3, 0.4) is 0 Å². The number of hydrogen-bond donors (Lipinski definition) is 1. The van der Waals surface area contributed by atoms with Gasteiger partial charge in [-0.3, -0.25) is 9.48 Å². The summed E-state index contributed by atoms with van der Waals surface area (Å²) in [4.78, 5) is 16.1. The highest BCUT2D eigenvalue weighted by molar-refractivity contribution is 6.03. The predicted octanol–water partition coefficient (Wildman–Crippen LogP) is 4.10. The van der Waals surface area contributed by atoms with Crippen LogP contribution in [0, 0.1) is 19.7 Å². The molecule has 0 atom stereocenters. The molecule has 1 amide bonds. The van der Waals surface area contributed by atoms with E-state index in [1.807, 2.05) is 0 Å². The maximum Gasteiger partial charge on any atom is 0.435 e. The lowest BCUT2D eigenvalue weighted by Gasteiger charge is -2.07. The molecule has 6 nitrogen and oxygen atoms in total. The first-order valence-corrected chi connectivity index (χ1v) is 7.73. The third-order valence-electron chi connectivity index (χ3n) is 3.79. The van der Waals surface area contributed by atoms with Crippen molar-refractivity contribution in [2.24, 2.45) is 7.05 Å². The molecule has 1 N–H and O–H groups in total. The maximum atomic E-state index is 14.5. The number of anilines is 1. The van der Waals surface area contributed by atoms with Gasteiger partial charge in [-0.25, -0.2) is 9.37 Å². The highest BCUT2D eigenvalue weighted by Gasteiger charge is 2.35. The van der Waals surface area contributed by atoms with Gasteiger partial charge in [0.25, 0.3) is 5.91 Å². The Bertz CT molecular complexity index is 1020. The third-order valence-corrected chi connectivity index (χ3v) is 3.79. The van der Waals surface area contributed by atoms with E-state index in [9.17, 15) is 22.4 Å². The standard InChI is InChI=1S/C17H14F4N4O2/c1-8-15(22-9(2)27-8)16(26)23-10-4-5-11(12(18)6-10)13-7-14(17(19,20)21)24-25(13)3/h4-7H,1-3H3,(H,23,26). The largest absolute Gasteiger partial charge is 0.445 e. The van der Waals surface area contributed by atoms with E-state index in [4.69, 9.17) is 4.42 Å². The summed E-state index contributed by atoms with van der Waals surface area (Å²) in [5.41, 5.74) is -1.04. The molecule has 2 aromatic heterocycles. The van der Waals surface area contributed by atoms with Crippen LogP contribution in [0.15, 0.2) is 28.7 Å². The van der Waals surface area contributed by atoms with Crippen molar-refractivity contribution >= 4 is 11.6 Å². The van der Waals surface area contributed by atoms with Gasteiger partial charge in [0.05, 0.1) is 5.69 Å². The van der Waals surface area contributed by atoms with Crippen LogP contribution >= 0.6 is 0 Å². The maximum absolute atomic E-state index is 14.5. The Morgan fingerprint density at radius 2 is 1.93 bits per heavy atom. The van der Waals surface area contributed by atoms with Crippen molar-refractivity contribution in [3.63, 3.8) is 0 Å². The lowest BCUT2D eigenvalue weighted by molar-refractivity contribution is -0.141. The average Bonchev–Trinajstić information content (AvgIpc) is 3.09. The SMILES string of the molecule is Cc1nc(C(=O)Nc2ccc(-c3cc(C(F)(F)F)nn3C)c(F)c2)c(C)o1. The van der Waals surface area contributed by atoms with Gasteiger partial charge in [-0.1, -0.05) is 0 Å². The van der Waals surface area contributed by atoms with Crippen LogP contribution in [0.5, 0.6) is 0 Å². The van der Waals surface area contributed by atoms with Gasteiger partial charge in [0, 0.05) is 25.2 Å². The minimum absolute atomic E-state index is 0.0410. The molecule has 2 heterocycles. The summed E-state index contributed by atoms with van der Waals surface area (Å²) in [7, 11) is 1.29. The number of halogens is 4. The van der Waals surface area contributed by atoms with Crippen molar-refractivity contribution in [2.45, 2.75) is 20.0 Å². The van der Waals surface area contributed by atoms with Gasteiger partial charge in [-0.05, 0) is 31.2 Å². The molecule has 3 aromatic rings. The molecule has 0 saturated carbocycles. The van der Waals surface area contributed by atoms with Crippen LogP contribution in [0.2, 0.25) is 0 Å². The second-order valence-corrected chi connectivity index (χ2v) is 5.82. The fraction of sp³-hybridized carbons (Fsp3) is 0.235. The average molecular weight is 382 g/mol. The normalized spacial score (nSPS) is 11.7. The van der Waals surface area contributed by atoms with Crippen molar-refractivity contribution in [3.8, 4) is 11.3 Å². The Labute approximate surface area is 150 Å². The van der Waals surface area contributed by atoms with Crippen molar-refractivity contribution < 1.29 is 26.8 Å². The summed E-state index contributed by atoms with van der Waals surface area (Å²) in [5.74, 6) is -0.763. The molecule has 0 aliphatic heterocycles. The van der Waals surface area contributed by atoms with Crippen molar-refractivity contribution in [1.82, 2.24) is 14.8 Å². The third kappa shape index (κ3) is 3.69. The van der Waals surface area contributed by atoms with E-state index >= 15 is 0 Å². The number of carbonyl (C=O) groups is 1. The number of aromatic nitrogens is 3. The molecule has 10 heteroatoms. The first kappa shape index (κ1) is 18.6. The summed E-state index contributed by atoms with van der Waals surface area (Å²) in [6, 6.07) is 4.41. The summed E-state index contributed by atoms with van der Waals surface area (Å²) in [6.45, 7) is 3.15. The molecule has 142 valence electrons. The first-order valence-electron chi connectivity index (χ1n) is 7.73. The van der Waals surface area contributed by atoms with Crippen LogP contribution in [-0.2, 0) is 13.2 Å². The number of alkyl halides is 3. The molecular formula is C17H14F4N4O2. The Hall–Kier alpha value is -3.17. The molecule has 0 aliphatic carbocycles. The number of benzene rings is 1. The Kier molecular flexibility index (Phi) is 4.50. The molecule has 27 heavy (non-hydrogen) atoms. The molecule has 0 bridgehead atoms. The monoisotopic (exact) mass is 382 g/mol. The van der Waals surface area contributed by atoms with Gasteiger partial charge in [-0.15, -0.1) is 0 Å². The van der Waals surface area contributed by atoms with E-state index in [2.05, 4.69) is 15.4 Å². The number of amides is 1. The Balaban J connectivity index is 1.87. The van der Waals surface area contributed by atoms with Crippen LogP contribution in [0.1, 0.15) is 27.8 Å². The molecule has 0 saturated heterocycles. The molecule has 0 spiro atoms. The Morgan fingerprint density at radius 3 is 2.44 bits per heavy atom. The molecule has 0 radical (unpaired) electrons. The lowest BCUT2D eigenvalue weighted by Crippen LogP contribution is -2.13. The first-order chi connectivity index (χ1) is 12.6. The Morgan fingerprint density at radius 1 is 1.22 bits per heavy atom. The molecule has 3 rings (SSSR count). The second-order valence-electron chi connectivity index (χ2n) is 5.82. The summed E-state index contributed by atoms with van der Waals surface area (Å²) >= 11 is 0. The molecular weight excluding hydrogens is 368 g/mol. The smallest absolute Gasteiger partial charge is 0.435 e. The number of oxazole rings is 1. The van der Waals surface area contributed by atoms with E-state index in [1.165, 1.54) is 19.2 Å². The predicted molar refractivity (Wildman–Crippen MR) is 87.5 cm³/mol. The van der Waals surface area contributed by atoms with Crippen molar-refractivity contribution in [3.05, 3.63) is 53.1 Å². The number of nitrogens with one attached hydrogen (secondary N) is 1. The topological polar surface area (TPSA) is 73.0 Å². The van der Waals surface area contributed by atoms with Gasteiger partial charge in [0.2, 0.25) is 0 Å². The second kappa shape index (κ2) is 6.53. The summed E-state index contributed by atoms with van der Waals surface area (Å²) in [6.07, 6.45) is -4.63. The van der Waals surface area contributed by atoms with E-state index in [0.29, 0.717) is 11.7 Å². The quantitative estimate of drug-likeness (QED) is 0.692. The van der Waals surface area contributed by atoms with Crippen LogP contribution in [0.25, 0.3) is 11.3 Å². The fourth-order valence-corrected chi connectivity index (χ4v) is 2.59. The van der Waals surface area contributed by atoms with Gasteiger partial charge < -0.3 is 9.73 Å². The molecule has 0 aliphatic rings. The fourth-order valence-electron chi connectivity index (χ4n) is 2.59. The van der Waals surface area contributed by atoms with Gasteiger partial charge >= 0.3 is 6.18 Å². The number of nitrogens with zero attached hydrogens (tertiary/aromatic N) is 3. The number of hydrogen-bond acceptors (Lipinski definition) is 4. The van der Waals surface area contributed by atoms with E-state index in [1.54, 1.807) is 13.8 Å². The molecule has 0 unspecified atom stereocenters. The lowest BCUT2D eigenvalue weighted by atomic mass is 10.1. The zero-order valence-corrected chi connectivity index (χ0v) is 14.5. The van der Waals surface area contributed by atoms with Crippen LogP contribution in [-0.4, -0.2) is 20.7 Å². The van der Waals surface area contributed by atoms with E-state index in [0.717, 1.165) is 16.8 Å². The van der Waals surface area contributed by atoms with Crippen molar-refractivity contribution in [2.75, 3.05) is 5.32 Å². The number of carbonyl (C=O) groups excluding carboxylic acids is 1. The number of aryl methyl sites for hydroxylation is 3. The van der Waals surface area contributed by atoms with E-state index < -0.39 is 23.6 Å². The molecule has 0 fully saturated rings. The van der Waals surface area contributed by atoms with Crippen molar-refractivity contribution in [1.29, 1.82) is 0 Å². The zero-order chi connectivity index (χ0) is 19.9. The number of rotatable bonds is 3. The van der Waals surface area contributed by atoms with Crippen LogP contribution < -0.4 is 5.32 Å². The zero-order valence-electron chi connectivity index (χ0n) is 14.5. The van der Waals surface area contributed by atoms with E-state index in [-0.39, 0.29) is 22.6 Å². The van der Waals surface area contributed by atoms with Crippen LogP contribution in [0.4, 0.5) is 23.2 Å². The highest BCUT2D eigenvalue weighted by Crippen LogP contribution is 2.32. The molecule has 1 aromatic carbocycles. The van der Waals surface area contributed by atoms with Gasteiger partial charge in [0.1, 0.15) is 11.6 Å². The summed E-state index contributed by atoms with van der Waals surface area (Å²) < 4.78 is 58.9. The minimum Gasteiger partial charge on any atom is -0.445 e.